The molecule has 1 fully saturated rings. The number of aromatic nitrogens is 1. The van der Waals surface area contributed by atoms with Crippen molar-refractivity contribution in [1.29, 1.82) is 0 Å². The van der Waals surface area contributed by atoms with Crippen LogP contribution in [-0.2, 0) is 4.79 Å². The van der Waals surface area contributed by atoms with Crippen molar-refractivity contribution in [2.75, 3.05) is 25.0 Å². The number of carbonyl (C=O) groups is 3. The summed E-state index contributed by atoms with van der Waals surface area (Å²) in [5, 5.41) is 2.69. The molecule has 10 heteroatoms. The number of thiophene rings is 1. The van der Waals surface area contributed by atoms with E-state index in [1.165, 1.54) is 11.3 Å². The molecule has 3 heterocycles. The molecule has 5 N–H and O–H groups in total. The second-order valence-electron chi connectivity index (χ2n) is 5.92. The number of nitrogens with zero attached hydrogens (tertiary/aromatic N) is 2. The summed E-state index contributed by atoms with van der Waals surface area (Å²) in [5.74, 6) is -0.0663. The average Bonchev–Trinajstić information content (AvgIpc) is 3.22. The van der Waals surface area contributed by atoms with Gasteiger partial charge in [0, 0.05) is 35.7 Å². The van der Waals surface area contributed by atoms with E-state index in [1.807, 2.05) is 0 Å². The molecule has 2 aromatic heterocycles. The third kappa shape index (κ3) is 4.53. The zero-order chi connectivity index (χ0) is 19.4. The van der Waals surface area contributed by atoms with E-state index in [-0.39, 0.29) is 11.5 Å². The van der Waals surface area contributed by atoms with Gasteiger partial charge in [-0.1, -0.05) is 0 Å². The molecule has 1 aliphatic heterocycles. The molecule has 0 bridgehead atoms. The quantitative estimate of drug-likeness (QED) is 0.656. The monoisotopic (exact) mass is 389 g/mol. The van der Waals surface area contributed by atoms with Gasteiger partial charge in [0.25, 0.3) is 5.91 Å². The molecule has 0 unspecified atom stereocenters. The van der Waals surface area contributed by atoms with Crippen molar-refractivity contribution < 1.29 is 19.1 Å². The van der Waals surface area contributed by atoms with E-state index in [4.69, 9.17) is 16.2 Å². The molecule has 0 saturated carbocycles. The maximum Gasteiger partial charge on any atom is 0.317 e. The first-order valence-corrected chi connectivity index (χ1v) is 9.13. The number of ether oxygens (including phenoxy) is 1. The summed E-state index contributed by atoms with van der Waals surface area (Å²) in [4.78, 5) is 40.9. The van der Waals surface area contributed by atoms with Crippen molar-refractivity contribution in [3.05, 3.63) is 30.0 Å². The van der Waals surface area contributed by atoms with Gasteiger partial charge in [-0.3, -0.25) is 14.9 Å². The normalized spacial score (nSPS) is 13.6. The van der Waals surface area contributed by atoms with Crippen molar-refractivity contribution in [3.8, 4) is 16.3 Å². The van der Waals surface area contributed by atoms with Crippen LogP contribution >= 0.6 is 11.3 Å². The number of hydrogen-bond donors (Lipinski definition) is 3. The summed E-state index contributed by atoms with van der Waals surface area (Å²) in [6, 6.07) is 4.29. The van der Waals surface area contributed by atoms with Gasteiger partial charge in [-0.05, 0) is 18.6 Å². The molecule has 0 spiro atoms. The van der Waals surface area contributed by atoms with E-state index >= 15 is 0 Å². The Morgan fingerprint density at radius 2 is 2.15 bits per heavy atom. The standard InChI is InChI=1S/C17H19N5O4S/c18-15(24)11-8-12(27-16(11)21-17(19)25)10-3-4-13(20-9-10)26-7-6-22-5-1-2-14(22)23/h3-4,8-9H,1-2,5-7H2,(H2,18,24)(H3,19,21,25). The summed E-state index contributed by atoms with van der Waals surface area (Å²) >= 11 is 1.17. The molecular weight excluding hydrogens is 370 g/mol. The molecule has 142 valence electrons. The Bertz CT molecular complexity index is 865. The Hall–Kier alpha value is -3.14. The molecule has 9 nitrogen and oxygen atoms in total. The van der Waals surface area contributed by atoms with Crippen LogP contribution in [-0.4, -0.2) is 47.4 Å². The van der Waals surface area contributed by atoms with Gasteiger partial charge in [0.05, 0.1) is 12.1 Å². The van der Waals surface area contributed by atoms with Crippen LogP contribution in [0.15, 0.2) is 24.4 Å². The fourth-order valence-electron chi connectivity index (χ4n) is 2.73. The largest absolute Gasteiger partial charge is 0.476 e. The second-order valence-corrected chi connectivity index (χ2v) is 6.98. The molecule has 3 rings (SSSR count). The number of carbonyl (C=O) groups excluding carboxylic acids is 3. The molecule has 2 aromatic rings. The first kappa shape index (κ1) is 18.6. The molecule has 0 aliphatic carbocycles. The van der Waals surface area contributed by atoms with Crippen LogP contribution in [0.1, 0.15) is 23.2 Å². The number of anilines is 1. The fraction of sp³-hybridized carbons (Fsp3) is 0.294. The molecular formula is C17H19N5O4S. The summed E-state index contributed by atoms with van der Waals surface area (Å²) in [5.41, 5.74) is 11.4. The zero-order valence-corrected chi connectivity index (χ0v) is 15.3. The average molecular weight is 389 g/mol. The van der Waals surface area contributed by atoms with Gasteiger partial charge >= 0.3 is 6.03 Å². The van der Waals surface area contributed by atoms with Crippen molar-refractivity contribution in [3.63, 3.8) is 0 Å². The van der Waals surface area contributed by atoms with Gasteiger partial charge in [-0.25, -0.2) is 9.78 Å². The van der Waals surface area contributed by atoms with Crippen LogP contribution in [0.25, 0.3) is 10.4 Å². The lowest BCUT2D eigenvalue weighted by atomic mass is 10.2. The predicted octanol–water partition coefficient (Wildman–Crippen LogP) is 1.40. The Morgan fingerprint density at radius 1 is 1.33 bits per heavy atom. The lowest BCUT2D eigenvalue weighted by Crippen LogP contribution is -2.29. The first-order chi connectivity index (χ1) is 12.9. The number of urea groups is 1. The summed E-state index contributed by atoms with van der Waals surface area (Å²) < 4.78 is 5.58. The predicted molar refractivity (Wildman–Crippen MR) is 101 cm³/mol. The zero-order valence-electron chi connectivity index (χ0n) is 14.4. The van der Waals surface area contributed by atoms with Gasteiger partial charge in [-0.2, -0.15) is 0 Å². The highest BCUT2D eigenvalue weighted by Crippen LogP contribution is 2.35. The number of pyridine rings is 1. The topological polar surface area (TPSA) is 141 Å². The fourth-order valence-corrected chi connectivity index (χ4v) is 3.79. The van der Waals surface area contributed by atoms with Crippen LogP contribution in [0.4, 0.5) is 9.80 Å². The minimum Gasteiger partial charge on any atom is -0.476 e. The van der Waals surface area contributed by atoms with Gasteiger partial charge in [-0.15, -0.1) is 11.3 Å². The second kappa shape index (κ2) is 8.04. The SMILES string of the molecule is NC(=O)Nc1sc(-c2ccc(OCCN3CCCC3=O)nc2)cc1C(N)=O. The third-order valence-electron chi connectivity index (χ3n) is 4.04. The van der Waals surface area contributed by atoms with E-state index in [1.54, 1.807) is 29.3 Å². The summed E-state index contributed by atoms with van der Waals surface area (Å²) in [6.45, 7) is 1.68. The molecule has 0 atom stereocenters. The Balaban J connectivity index is 1.65. The summed E-state index contributed by atoms with van der Waals surface area (Å²) in [7, 11) is 0. The number of amides is 4. The molecule has 0 radical (unpaired) electrons. The Kier molecular flexibility index (Phi) is 5.55. The van der Waals surface area contributed by atoms with Crippen LogP contribution in [0.2, 0.25) is 0 Å². The van der Waals surface area contributed by atoms with Crippen molar-refractivity contribution in [2.45, 2.75) is 12.8 Å². The maximum atomic E-state index is 11.6. The van der Waals surface area contributed by atoms with Crippen LogP contribution in [0.5, 0.6) is 5.88 Å². The highest BCUT2D eigenvalue weighted by molar-refractivity contribution is 7.20. The molecule has 0 aromatic carbocycles. The Labute approximate surface area is 159 Å². The maximum absolute atomic E-state index is 11.6. The van der Waals surface area contributed by atoms with E-state index in [0.29, 0.717) is 35.3 Å². The molecule has 1 aliphatic rings. The Morgan fingerprint density at radius 3 is 2.74 bits per heavy atom. The van der Waals surface area contributed by atoms with Gasteiger partial charge in [0.2, 0.25) is 11.8 Å². The number of primary amides is 2. The number of hydrogen-bond acceptors (Lipinski definition) is 6. The molecule has 4 amide bonds. The molecule has 27 heavy (non-hydrogen) atoms. The van der Waals surface area contributed by atoms with Crippen LogP contribution in [0.3, 0.4) is 0 Å². The highest BCUT2D eigenvalue weighted by atomic mass is 32.1. The van der Waals surface area contributed by atoms with E-state index in [0.717, 1.165) is 18.5 Å². The van der Waals surface area contributed by atoms with Gasteiger partial charge in [0.1, 0.15) is 11.6 Å². The lowest BCUT2D eigenvalue weighted by molar-refractivity contribution is -0.128. The molecule has 1 saturated heterocycles. The lowest BCUT2D eigenvalue weighted by Gasteiger charge is -2.15. The van der Waals surface area contributed by atoms with Crippen LogP contribution in [0, 0.1) is 0 Å². The first-order valence-electron chi connectivity index (χ1n) is 8.31. The van der Waals surface area contributed by atoms with Gasteiger partial charge < -0.3 is 21.1 Å². The highest BCUT2D eigenvalue weighted by Gasteiger charge is 2.19. The van der Waals surface area contributed by atoms with Crippen molar-refractivity contribution in [1.82, 2.24) is 9.88 Å². The number of nitrogens with two attached hydrogens (primary N) is 2. The van der Waals surface area contributed by atoms with E-state index < -0.39 is 11.9 Å². The third-order valence-corrected chi connectivity index (χ3v) is 5.14. The van der Waals surface area contributed by atoms with Crippen LogP contribution < -0.4 is 21.5 Å². The van der Waals surface area contributed by atoms with E-state index in [2.05, 4.69) is 10.3 Å². The summed E-state index contributed by atoms with van der Waals surface area (Å²) in [6.07, 6.45) is 3.10. The minimum atomic E-state index is -0.774. The number of rotatable bonds is 7. The van der Waals surface area contributed by atoms with Crippen molar-refractivity contribution in [2.24, 2.45) is 11.5 Å². The number of likely N-dealkylation sites (tertiary alicyclic amines) is 1. The van der Waals surface area contributed by atoms with Gasteiger partial charge in [0.15, 0.2) is 0 Å². The number of nitrogens with one attached hydrogen (secondary N) is 1. The smallest absolute Gasteiger partial charge is 0.317 e. The van der Waals surface area contributed by atoms with E-state index in [9.17, 15) is 14.4 Å². The van der Waals surface area contributed by atoms with Crippen molar-refractivity contribution >= 4 is 34.2 Å². The minimum absolute atomic E-state index is 0.158.